The monoisotopic (exact) mass is 801 g/mol. The van der Waals surface area contributed by atoms with Gasteiger partial charge >= 0.3 is 0 Å². The van der Waals surface area contributed by atoms with Crippen LogP contribution in [-0.2, 0) is 0 Å². The molecule has 63 heavy (non-hydrogen) atoms. The summed E-state index contributed by atoms with van der Waals surface area (Å²) in [6.07, 6.45) is 0. The van der Waals surface area contributed by atoms with Crippen molar-refractivity contribution < 1.29 is 0 Å². The maximum Gasteiger partial charge on any atom is 0.0618 e. The van der Waals surface area contributed by atoms with Gasteiger partial charge < -0.3 is 4.90 Å². The van der Waals surface area contributed by atoms with Gasteiger partial charge in [-0.2, -0.15) is 0 Å². The molecule has 11 rings (SSSR count). The molecule has 0 spiro atoms. The summed E-state index contributed by atoms with van der Waals surface area (Å²) in [5.41, 5.74) is 17.4. The number of hydrogen-bond donors (Lipinski definition) is 0. The smallest absolute Gasteiger partial charge is 0.0618 e. The van der Waals surface area contributed by atoms with Crippen LogP contribution >= 0.6 is 0 Å². The number of para-hydroxylation sites is 1. The Morgan fingerprint density at radius 3 is 1.14 bits per heavy atom. The van der Waals surface area contributed by atoms with E-state index >= 15 is 0 Å². The second-order valence-electron chi connectivity index (χ2n) is 16.0. The number of nitrogens with zero attached hydrogens (tertiary/aromatic N) is 1. The molecule has 0 aromatic heterocycles. The summed E-state index contributed by atoms with van der Waals surface area (Å²) in [5.74, 6) is 0. The first kappa shape index (κ1) is 37.7. The summed E-state index contributed by atoms with van der Waals surface area (Å²) >= 11 is 0. The molecule has 0 atom stereocenters. The topological polar surface area (TPSA) is 3.24 Å². The third kappa shape index (κ3) is 6.96. The fraction of sp³-hybridized carbons (Fsp3) is 0. The molecule has 0 saturated carbocycles. The summed E-state index contributed by atoms with van der Waals surface area (Å²) in [6, 6.07) is 94.9. The van der Waals surface area contributed by atoms with Crippen molar-refractivity contribution in [3.63, 3.8) is 0 Å². The molecule has 1 nitrogen and oxygen atoms in total. The molecule has 0 unspecified atom stereocenters. The Morgan fingerprint density at radius 2 is 0.619 bits per heavy atom. The zero-order chi connectivity index (χ0) is 42.0. The van der Waals surface area contributed by atoms with Crippen LogP contribution in [0.4, 0.5) is 17.1 Å². The fourth-order valence-corrected chi connectivity index (χ4v) is 9.46. The van der Waals surface area contributed by atoms with Crippen molar-refractivity contribution in [2.75, 3.05) is 4.90 Å². The first-order valence-electron chi connectivity index (χ1n) is 21.7. The molecular weight excluding hydrogens is 759 g/mol. The lowest BCUT2D eigenvalue weighted by atomic mass is 9.84. The third-order valence-corrected chi connectivity index (χ3v) is 12.3. The van der Waals surface area contributed by atoms with Crippen LogP contribution in [0.1, 0.15) is 0 Å². The molecule has 0 radical (unpaired) electrons. The second kappa shape index (κ2) is 16.7. The van der Waals surface area contributed by atoms with Crippen LogP contribution in [0, 0.1) is 0 Å². The van der Waals surface area contributed by atoms with Crippen LogP contribution in [0.25, 0.3) is 88.3 Å². The Kier molecular flexibility index (Phi) is 9.97. The van der Waals surface area contributed by atoms with Crippen LogP contribution in [-0.4, -0.2) is 0 Å². The Labute approximate surface area is 369 Å². The summed E-state index contributed by atoms with van der Waals surface area (Å²) in [7, 11) is 0. The minimum Gasteiger partial charge on any atom is -0.308 e. The van der Waals surface area contributed by atoms with E-state index in [-0.39, 0.29) is 0 Å². The van der Waals surface area contributed by atoms with Gasteiger partial charge in [-0.15, -0.1) is 0 Å². The number of rotatable bonds is 9. The van der Waals surface area contributed by atoms with Crippen LogP contribution < -0.4 is 4.90 Å². The molecule has 0 fully saturated rings. The van der Waals surface area contributed by atoms with Crippen LogP contribution in [0.5, 0.6) is 0 Å². The van der Waals surface area contributed by atoms with Gasteiger partial charge in [-0.05, 0) is 84.4 Å². The minimum absolute atomic E-state index is 1.09. The first-order chi connectivity index (χ1) is 31.3. The summed E-state index contributed by atoms with van der Waals surface area (Å²) in [5, 5.41) is 4.80. The van der Waals surface area contributed by atoms with Crippen molar-refractivity contribution in [1.29, 1.82) is 0 Å². The lowest BCUT2D eigenvalue weighted by Gasteiger charge is -2.34. The van der Waals surface area contributed by atoms with Gasteiger partial charge in [0.1, 0.15) is 0 Å². The number of hydrogen-bond acceptors (Lipinski definition) is 1. The standard InChI is InChI=1S/C62H43N/c1-7-23-44(24-8-1)50-41-42-57(56(43-50)47-29-13-4-14-30-47)63(62-51(45-25-9-2-10-26-45)37-21-38-52(62)46-27-11-3-12-28-46)58-40-22-39-55-60(49-33-17-6-18-34-49)59(48-31-15-5-16-32-48)53-35-19-20-36-54(53)61(55)58/h1-43H. The predicted molar refractivity (Wildman–Crippen MR) is 269 cm³/mol. The number of benzene rings is 11. The summed E-state index contributed by atoms with van der Waals surface area (Å²) in [6.45, 7) is 0. The molecule has 0 bridgehead atoms. The van der Waals surface area contributed by atoms with E-state index < -0.39 is 0 Å². The van der Waals surface area contributed by atoms with Crippen LogP contribution in [0.3, 0.4) is 0 Å². The molecule has 0 amide bonds. The zero-order valence-corrected chi connectivity index (χ0v) is 34.8. The van der Waals surface area contributed by atoms with Gasteiger partial charge in [0.2, 0.25) is 0 Å². The molecule has 296 valence electrons. The fourth-order valence-electron chi connectivity index (χ4n) is 9.46. The second-order valence-corrected chi connectivity index (χ2v) is 16.0. The largest absolute Gasteiger partial charge is 0.308 e. The maximum atomic E-state index is 2.58. The Balaban J connectivity index is 1.34. The minimum atomic E-state index is 1.09. The average Bonchev–Trinajstić information content (AvgIpc) is 3.37. The predicted octanol–water partition coefficient (Wildman–Crippen LogP) is 17.5. The maximum absolute atomic E-state index is 2.58. The van der Waals surface area contributed by atoms with Gasteiger partial charge in [0.15, 0.2) is 0 Å². The van der Waals surface area contributed by atoms with Crippen molar-refractivity contribution >= 4 is 38.6 Å². The highest BCUT2D eigenvalue weighted by Gasteiger charge is 2.28. The highest BCUT2D eigenvalue weighted by molar-refractivity contribution is 6.26. The molecule has 0 aliphatic carbocycles. The zero-order valence-electron chi connectivity index (χ0n) is 34.8. The molecule has 0 heterocycles. The van der Waals surface area contributed by atoms with Gasteiger partial charge in [-0.1, -0.05) is 243 Å². The van der Waals surface area contributed by atoms with Gasteiger partial charge in [-0.3, -0.25) is 0 Å². The summed E-state index contributed by atoms with van der Waals surface area (Å²) in [4.78, 5) is 2.58. The van der Waals surface area contributed by atoms with Gasteiger partial charge in [0, 0.05) is 22.1 Å². The molecule has 0 aliphatic heterocycles. The van der Waals surface area contributed by atoms with Gasteiger partial charge in [0.05, 0.1) is 17.1 Å². The molecule has 0 aliphatic rings. The van der Waals surface area contributed by atoms with E-state index in [1.807, 2.05) is 0 Å². The van der Waals surface area contributed by atoms with Crippen molar-refractivity contribution in [3.05, 3.63) is 261 Å². The quantitative estimate of drug-likeness (QED) is 0.131. The van der Waals surface area contributed by atoms with Crippen LogP contribution in [0.15, 0.2) is 261 Å². The molecule has 11 aromatic carbocycles. The van der Waals surface area contributed by atoms with E-state index in [1.165, 1.54) is 54.9 Å². The van der Waals surface area contributed by atoms with Crippen molar-refractivity contribution in [1.82, 2.24) is 0 Å². The van der Waals surface area contributed by atoms with Crippen molar-refractivity contribution in [2.24, 2.45) is 0 Å². The first-order valence-corrected chi connectivity index (χ1v) is 21.7. The Hall–Kier alpha value is -8.26. The van der Waals surface area contributed by atoms with E-state index in [4.69, 9.17) is 0 Å². The van der Waals surface area contributed by atoms with Gasteiger partial charge in [0.25, 0.3) is 0 Å². The van der Waals surface area contributed by atoms with Crippen molar-refractivity contribution in [2.45, 2.75) is 0 Å². The molecule has 11 aromatic rings. The number of fused-ring (bicyclic) bond motifs is 3. The highest BCUT2D eigenvalue weighted by Crippen LogP contribution is 2.54. The van der Waals surface area contributed by atoms with E-state index in [0.717, 1.165) is 50.4 Å². The van der Waals surface area contributed by atoms with E-state index in [1.54, 1.807) is 0 Å². The van der Waals surface area contributed by atoms with E-state index in [0.29, 0.717) is 0 Å². The van der Waals surface area contributed by atoms with Gasteiger partial charge in [-0.25, -0.2) is 0 Å². The van der Waals surface area contributed by atoms with Crippen LogP contribution in [0.2, 0.25) is 0 Å². The molecule has 1 heteroatoms. The molecular formula is C62H43N. The summed E-state index contributed by atoms with van der Waals surface area (Å²) < 4.78 is 0. The molecule has 0 saturated heterocycles. The highest BCUT2D eigenvalue weighted by atomic mass is 15.2. The van der Waals surface area contributed by atoms with E-state index in [9.17, 15) is 0 Å². The normalized spacial score (nSPS) is 11.2. The lowest BCUT2D eigenvalue weighted by molar-refractivity contribution is 1.30. The Morgan fingerprint density at radius 1 is 0.222 bits per heavy atom. The SMILES string of the molecule is c1ccc(-c2ccc(N(c3c(-c4ccccc4)cccc3-c3ccccc3)c3cccc4c(-c5ccccc5)c(-c5ccccc5)c5ccccc5c34)c(-c3ccccc3)c2)cc1. The molecule has 0 N–H and O–H groups in total. The van der Waals surface area contributed by atoms with Crippen molar-refractivity contribution in [3.8, 4) is 66.8 Å². The Bertz CT molecular complexity index is 3290. The average molecular weight is 802 g/mol. The van der Waals surface area contributed by atoms with E-state index in [2.05, 4.69) is 266 Å². The number of anilines is 3. The lowest BCUT2D eigenvalue weighted by Crippen LogP contribution is -2.15. The third-order valence-electron chi connectivity index (χ3n) is 12.3.